The highest BCUT2D eigenvalue weighted by Crippen LogP contribution is 2.27. The van der Waals surface area contributed by atoms with Crippen molar-refractivity contribution in [3.8, 4) is 0 Å². The van der Waals surface area contributed by atoms with E-state index in [1.54, 1.807) is 48.5 Å². The van der Waals surface area contributed by atoms with Gasteiger partial charge >= 0.3 is 0 Å². The Bertz CT molecular complexity index is 1410. The zero-order chi connectivity index (χ0) is 31.3. The molecule has 0 radical (unpaired) electrons. The van der Waals surface area contributed by atoms with Crippen LogP contribution in [-0.2, 0) is 26.6 Å². The van der Waals surface area contributed by atoms with Crippen molar-refractivity contribution in [2.24, 2.45) is 10.8 Å². The molecule has 3 aromatic carbocycles. The van der Waals surface area contributed by atoms with Crippen LogP contribution >= 0.6 is 0 Å². The number of aryl methyl sites for hydroxylation is 2. The van der Waals surface area contributed by atoms with Crippen LogP contribution in [0.15, 0.2) is 88.7 Å². The first-order valence-corrected chi connectivity index (χ1v) is 17.3. The summed E-state index contributed by atoms with van der Waals surface area (Å²) < 4.78 is 59.8. The molecule has 0 aliphatic carbocycles. The topological polar surface area (TPSA) is 95.6 Å². The molecule has 0 spiro atoms. The molecule has 2 atom stereocenters. The highest BCUT2D eigenvalue weighted by atomic mass is 32.2. The van der Waals surface area contributed by atoms with Gasteiger partial charge in [-0.1, -0.05) is 107 Å². The molecule has 0 bridgehead atoms. The Morgan fingerprint density at radius 3 is 1.29 bits per heavy atom. The number of hydrogen-bond donors (Lipinski definition) is 2. The normalized spacial score (nSPS) is 14.6. The monoisotopic (exact) mass is 613 g/mol. The Morgan fingerprint density at radius 2 is 0.952 bits per heavy atom. The molecule has 3 aromatic rings. The molecule has 230 valence electrons. The van der Waals surface area contributed by atoms with Crippen molar-refractivity contribution in [3.05, 3.63) is 95.6 Å². The summed E-state index contributed by atoms with van der Waals surface area (Å²) in [5.41, 5.74) is 2.17. The first-order chi connectivity index (χ1) is 19.4. The third-order valence-corrected chi connectivity index (χ3v) is 10.5. The fourth-order valence-corrected chi connectivity index (χ4v) is 7.35. The lowest BCUT2D eigenvalue weighted by atomic mass is 9.85. The second-order valence-corrected chi connectivity index (χ2v) is 16.8. The number of nitrogens with zero attached hydrogens (tertiary/aromatic N) is 1. The van der Waals surface area contributed by atoms with Crippen molar-refractivity contribution in [2.75, 3.05) is 13.1 Å². The quantitative estimate of drug-likeness (QED) is 0.266. The highest BCUT2D eigenvalue weighted by Gasteiger charge is 2.35. The van der Waals surface area contributed by atoms with E-state index < -0.39 is 43.0 Å². The molecular weight excluding hydrogens is 567 g/mol. The highest BCUT2D eigenvalue weighted by molar-refractivity contribution is 7.89. The van der Waals surface area contributed by atoms with Crippen molar-refractivity contribution in [1.29, 1.82) is 0 Å². The van der Waals surface area contributed by atoms with Crippen LogP contribution in [0, 0.1) is 24.7 Å². The Kier molecular flexibility index (Phi) is 10.8. The summed E-state index contributed by atoms with van der Waals surface area (Å²) in [4.78, 5) is 2.59. The Balaban J connectivity index is 1.95. The van der Waals surface area contributed by atoms with E-state index in [9.17, 15) is 16.8 Å². The lowest BCUT2D eigenvalue weighted by Gasteiger charge is -2.40. The maximum Gasteiger partial charge on any atom is 0.240 e. The van der Waals surface area contributed by atoms with E-state index in [0.717, 1.165) is 16.7 Å². The Hall–Kier alpha value is -2.56. The summed E-state index contributed by atoms with van der Waals surface area (Å²) in [6, 6.07) is 22.7. The van der Waals surface area contributed by atoms with Crippen molar-refractivity contribution < 1.29 is 16.8 Å². The van der Waals surface area contributed by atoms with Crippen LogP contribution in [0.5, 0.6) is 0 Å². The summed E-state index contributed by atoms with van der Waals surface area (Å²) in [5, 5.41) is 0. The largest absolute Gasteiger partial charge is 0.296 e. The molecule has 2 N–H and O–H groups in total. The minimum atomic E-state index is -3.79. The first-order valence-electron chi connectivity index (χ1n) is 14.3. The number of hydrogen-bond acceptors (Lipinski definition) is 5. The molecule has 42 heavy (non-hydrogen) atoms. The van der Waals surface area contributed by atoms with E-state index in [2.05, 4.69) is 14.3 Å². The second kappa shape index (κ2) is 13.4. The van der Waals surface area contributed by atoms with Gasteiger partial charge < -0.3 is 0 Å². The molecule has 0 aliphatic rings. The van der Waals surface area contributed by atoms with E-state index in [1.165, 1.54) is 0 Å². The van der Waals surface area contributed by atoms with Crippen LogP contribution in [0.2, 0.25) is 0 Å². The molecule has 0 aromatic heterocycles. The third kappa shape index (κ3) is 9.74. The van der Waals surface area contributed by atoms with Crippen LogP contribution in [0.1, 0.15) is 58.2 Å². The summed E-state index contributed by atoms with van der Waals surface area (Å²) >= 11 is 0. The van der Waals surface area contributed by atoms with Gasteiger partial charge in [0.25, 0.3) is 0 Å². The maximum absolute atomic E-state index is 13.5. The number of sulfonamides is 2. The average molecular weight is 614 g/mol. The van der Waals surface area contributed by atoms with Crippen LogP contribution in [0.25, 0.3) is 0 Å². The van der Waals surface area contributed by atoms with Crippen LogP contribution in [-0.4, -0.2) is 46.9 Å². The molecule has 9 heteroatoms. The van der Waals surface area contributed by atoms with Gasteiger partial charge in [-0.2, -0.15) is 0 Å². The number of rotatable bonds is 12. The summed E-state index contributed by atoms with van der Waals surface area (Å²) in [6.07, 6.45) is 0. The molecule has 0 saturated carbocycles. The van der Waals surface area contributed by atoms with Gasteiger partial charge in [0.2, 0.25) is 20.0 Å². The van der Waals surface area contributed by atoms with Crippen LogP contribution in [0.4, 0.5) is 0 Å². The van der Waals surface area contributed by atoms with Crippen LogP contribution in [0.3, 0.4) is 0 Å². The molecule has 0 saturated heterocycles. The van der Waals surface area contributed by atoms with Crippen molar-refractivity contribution in [1.82, 2.24) is 14.3 Å². The average Bonchev–Trinajstić information content (AvgIpc) is 2.87. The maximum atomic E-state index is 13.5. The van der Waals surface area contributed by atoms with E-state index in [4.69, 9.17) is 0 Å². The van der Waals surface area contributed by atoms with Gasteiger partial charge in [0.1, 0.15) is 0 Å². The lowest BCUT2D eigenvalue weighted by molar-refractivity contribution is 0.144. The van der Waals surface area contributed by atoms with Gasteiger partial charge in [-0.25, -0.2) is 26.3 Å². The van der Waals surface area contributed by atoms with Gasteiger partial charge in [-0.05, 0) is 54.5 Å². The molecule has 0 heterocycles. The van der Waals surface area contributed by atoms with Gasteiger partial charge in [0.15, 0.2) is 0 Å². The SMILES string of the molecule is Cc1ccc(S(=O)(=O)N[C@H](CN(Cc2ccccc2)C[C@@H](NS(=O)(=O)c2ccc(C)cc2)C(C)(C)C)C(C)(C)C)cc1. The van der Waals surface area contributed by atoms with E-state index in [-0.39, 0.29) is 9.79 Å². The van der Waals surface area contributed by atoms with E-state index in [0.29, 0.717) is 19.6 Å². The molecule has 0 unspecified atom stereocenters. The Labute approximate surface area is 253 Å². The van der Waals surface area contributed by atoms with Crippen molar-refractivity contribution in [2.45, 2.75) is 83.8 Å². The van der Waals surface area contributed by atoms with Crippen molar-refractivity contribution in [3.63, 3.8) is 0 Å². The fraction of sp³-hybridized carbons (Fsp3) is 0.455. The second-order valence-electron chi connectivity index (χ2n) is 13.4. The van der Waals surface area contributed by atoms with Gasteiger partial charge in [0, 0.05) is 31.7 Å². The fourth-order valence-electron chi connectivity index (χ4n) is 4.48. The standard InChI is InChI=1S/C33H47N3O4S2/c1-25-14-18-28(19-15-25)41(37,38)34-30(32(3,4)5)23-36(22-27-12-10-9-11-13-27)24-31(33(6,7)8)35-42(39,40)29-20-16-26(2)17-21-29/h9-21,30-31,34-35H,22-24H2,1-8H3/t30-,31-/m1/s1. The molecular formula is C33H47N3O4S2. The number of nitrogens with one attached hydrogen (secondary N) is 2. The predicted octanol–water partition coefficient (Wildman–Crippen LogP) is 5.89. The van der Waals surface area contributed by atoms with Crippen molar-refractivity contribution >= 4 is 20.0 Å². The van der Waals surface area contributed by atoms with E-state index in [1.807, 2.05) is 85.7 Å². The summed E-state index contributed by atoms with van der Waals surface area (Å²) in [6.45, 7) is 17.2. The predicted molar refractivity (Wildman–Crippen MR) is 171 cm³/mol. The minimum absolute atomic E-state index is 0.218. The molecule has 0 amide bonds. The molecule has 0 aliphatic heterocycles. The number of benzene rings is 3. The van der Waals surface area contributed by atoms with Gasteiger partial charge in [-0.3, -0.25) is 4.90 Å². The molecule has 0 fully saturated rings. The van der Waals surface area contributed by atoms with E-state index >= 15 is 0 Å². The zero-order valence-electron chi connectivity index (χ0n) is 26.2. The zero-order valence-corrected chi connectivity index (χ0v) is 27.8. The molecule has 3 rings (SSSR count). The first kappa shape index (κ1) is 33.9. The van der Waals surface area contributed by atoms with Gasteiger partial charge in [0.05, 0.1) is 9.79 Å². The molecule has 7 nitrogen and oxygen atoms in total. The van der Waals surface area contributed by atoms with Crippen LogP contribution < -0.4 is 9.44 Å². The minimum Gasteiger partial charge on any atom is -0.296 e. The van der Waals surface area contributed by atoms with Gasteiger partial charge in [-0.15, -0.1) is 0 Å². The third-order valence-electron chi connectivity index (χ3n) is 7.48. The Morgan fingerprint density at radius 1 is 0.595 bits per heavy atom. The lowest BCUT2D eigenvalue weighted by Crippen LogP contribution is -2.55. The summed E-state index contributed by atoms with van der Waals surface area (Å²) in [7, 11) is -7.58. The smallest absolute Gasteiger partial charge is 0.240 e. The summed E-state index contributed by atoms with van der Waals surface area (Å²) in [5.74, 6) is 0.